The van der Waals surface area contributed by atoms with Gasteiger partial charge in [-0.2, -0.15) is 0 Å². The third-order valence-electron chi connectivity index (χ3n) is 6.25. The zero-order chi connectivity index (χ0) is 24.0. The van der Waals surface area contributed by atoms with Gasteiger partial charge in [0, 0.05) is 62.2 Å². The lowest BCUT2D eigenvalue weighted by Crippen LogP contribution is -2.55. The Hall–Kier alpha value is -3.07. The molecule has 3 aromatic rings. The summed E-state index contributed by atoms with van der Waals surface area (Å²) in [4.78, 5) is 32.9. The number of halogens is 1. The number of rotatable bonds is 3. The van der Waals surface area contributed by atoms with Crippen molar-refractivity contribution in [3.05, 3.63) is 35.9 Å². The summed E-state index contributed by atoms with van der Waals surface area (Å²) >= 11 is 6.25. The van der Waals surface area contributed by atoms with Crippen molar-refractivity contribution in [3.8, 4) is 5.82 Å². The number of ether oxygens (including phenoxy) is 1. The number of nitrogens with zero attached hydrogens (tertiary/aromatic N) is 7. The van der Waals surface area contributed by atoms with Gasteiger partial charge in [-0.3, -0.25) is 4.57 Å². The van der Waals surface area contributed by atoms with Gasteiger partial charge >= 0.3 is 6.09 Å². The fourth-order valence-electron chi connectivity index (χ4n) is 4.51. The second kappa shape index (κ2) is 8.61. The Bertz CT molecular complexity index is 1220. The van der Waals surface area contributed by atoms with Crippen LogP contribution < -0.4 is 9.80 Å². The first kappa shape index (κ1) is 22.7. The third kappa shape index (κ3) is 4.24. The van der Waals surface area contributed by atoms with Crippen LogP contribution >= 0.6 is 11.6 Å². The Balaban J connectivity index is 1.50. The van der Waals surface area contributed by atoms with Gasteiger partial charge in [0.25, 0.3) is 0 Å². The standard InChI is InChI=1S/C24H30ClN7O2/c1-16-13-30(10-11-31(16)23(33)34-24(2,3)4)21-20-18(29-8-5-9-29)14-32(22(20)28-15-27-21)19-12-17(25)6-7-26-19/h6-7,12,14-16H,5,8-11,13H2,1-4H3. The molecule has 1 atom stereocenters. The highest BCUT2D eigenvalue weighted by molar-refractivity contribution is 6.30. The van der Waals surface area contributed by atoms with Gasteiger partial charge in [-0.05, 0) is 40.2 Å². The van der Waals surface area contributed by atoms with E-state index < -0.39 is 5.60 Å². The summed E-state index contributed by atoms with van der Waals surface area (Å²) in [6.45, 7) is 11.6. The van der Waals surface area contributed by atoms with Crippen molar-refractivity contribution in [3.63, 3.8) is 0 Å². The van der Waals surface area contributed by atoms with Crippen LogP contribution in [-0.2, 0) is 4.74 Å². The smallest absolute Gasteiger partial charge is 0.410 e. The first-order valence-electron chi connectivity index (χ1n) is 11.7. The molecule has 0 bridgehead atoms. The Kier molecular flexibility index (Phi) is 5.75. The number of hydrogen-bond donors (Lipinski definition) is 0. The van der Waals surface area contributed by atoms with Crippen molar-refractivity contribution in [1.29, 1.82) is 0 Å². The quantitative estimate of drug-likeness (QED) is 0.554. The molecule has 0 aromatic carbocycles. The predicted octanol–water partition coefficient (Wildman–Crippen LogP) is 4.12. The lowest BCUT2D eigenvalue weighted by molar-refractivity contribution is 0.0159. The molecule has 3 aromatic heterocycles. The molecule has 9 nitrogen and oxygen atoms in total. The van der Waals surface area contributed by atoms with Gasteiger partial charge in [-0.15, -0.1) is 0 Å². The molecule has 2 saturated heterocycles. The minimum atomic E-state index is -0.518. The molecule has 5 heterocycles. The number of piperazine rings is 1. The number of carbonyl (C=O) groups is 1. The van der Waals surface area contributed by atoms with E-state index in [9.17, 15) is 4.79 Å². The van der Waals surface area contributed by atoms with Gasteiger partial charge in [-0.25, -0.2) is 19.7 Å². The highest BCUT2D eigenvalue weighted by Crippen LogP contribution is 2.38. The van der Waals surface area contributed by atoms with Crippen LogP contribution in [0.4, 0.5) is 16.3 Å². The molecule has 10 heteroatoms. The Morgan fingerprint density at radius 2 is 1.91 bits per heavy atom. The van der Waals surface area contributed by atoms with E-state index in [2.05, 4.69) is 26.0 Å². The normalized spacial score (nSPS) is 18.9. The average Bonchev–Trinajstić information content (AvgIpc) is 3.10. The first-order chi connectivity index (χ1) is 16.2. The minimum Gasteiger partial charge on any atom is -0.444 e. The molecule has 0 saturated carbocycles. The van der Waals surface area contributed by atoms with E-state index >= 15 is 0 Å². The molecule has 34 heavy (non-hydrogen) atoms. The van der Waals surface area contributed by atoms with Crippen LogP contribution in [0.5, 0.6) is 0 Å². The molecule has 0 spiro atoms. The fraction of sp³-hybridized carbons (Fsp3) is 0.500. The van der Waals surface area contributed by atoms with Crippen molar-refractivity contribution < 1.29 is 9.53 Å². The maximum absolute atomic E-state index is 12.7. The van der Waals surface area contributed by atoms with Crippen molar-refractivity contribution >= 4 is 40.2 Å². The van der Waals surface area contributed by atoms with Gasteiger partial charge < -0.3 is 19.4 Å². The number of carbonyl (C=O) groups excluding carboxylic acids is 1. The topological polar surface area (TPSA) is 79.6 Å². The van der Waals surface area contributed by atoms with Crippen molar-refractivity contribution in [2.75, 3.05) is 42.5 Å². The fourth-order valence-corrected chi connectivity index (χ4v) is 4.66. The molecule has 2 aliphatic heterocycles. The van der Waals surface area contributed by atoms with Gasteiger partial charge in [0.05, 0.1) is 11.1 Å². The van der Waals surface area contributed by atoms with Crippen molar-refractivity contribution in [2.45, 2.75) is 45.8 Å². The van der Waals surface area contributed by atoms with Crippen LogP contribution in [0, 0.1) is 0 Å². The van der Waals surface area contributed by atoms with Gasteiger partial charge in [0.2, 0.25) is 0 Å². The zero-order valence-corrected chi connectivity index (χ0v) is 20.8. The van der Waals surface area contributed by atoms with Crippen LogP contribution in [0.2, 0.25) is 5.02 Å². The van der Waals surface area contributed by atoms with Crippen molar-refractivity contribution in [2.24, 2.45) is 0 Å². The van der Waals surface area contributed by atoms with Crippen LogP contribution in [0.3, 0.4) is 0 Å². The summed E-state index contributed by atoms with van der Waals surface area (Å²) in [7, 11) is 0. The zero-order valence-electron chi connectivity index (χ0n) is 20.0. The monoisotopic (exact) mass is 483 g/mol. The lowest BCUT2D eigenvalue weighted by atomic mass is 10.1. The third-order valence-corrected chi connectivity index (χ3v) is 6.48. The maximum atomic E-state index is 12.7. The Morgan fingerprint density at radius 3 is 2.56 bits per heavy atom. The number of fused-ring (bicyclic) bond motifs is 1. The number of hydrogen-bond acceptors (Lipinski definition) is 7. The van der Waals surface area contributed by atoms with Gasteiger partial charge in [0.1, 0.15) is 23.6 Å². The van der Waals surface area contributed by atoms with Crippen LogP contribution in [0.25, 0.3) is 16.9 Å². The summed E-state index contributed by atoms with van der Waals surface area (Å²) in [5.74, 6) is 1.60. The largest absolute Gasteiger partial charge is 0.444 e. The predicted molar refractivity (Wildman–Crippen MR) is 133 cm³/mol. The van der Waals surface area contributed by atoms with Gasteiger partial charge in [-0.1, -0.05) is 11.6 Å². The van der Waals surface area contributed by atoms with E-state index in [-0.39, 0.29) is 12.1 Å². The molecule has 2 fully saturated rings. The van der Waals surface area contributed by atoms with Crippen molar-refractivity contribution in [1.82, 2.24) is 24.4 Å². The number of anilines is 2. The number of aromatic nitrogens is 4. The molecular formula is C24H30ClN7O2. The summed E-state index contributed by atoms with van der Waals surface area (Å²) in [5.41, 5.74) is 1.38. The summed E-state index contributed by atoms with van der Waals surface area (Å²) < 4.78 is 7.60. The number of amides is 1. The van der Waals surface area contributed by atoms with Crippen LogP contribution in [-0.4, -0.2) is 74.9 Å². The minimum absolute atomic E-state index is 0.0160. The van der Waals surface area contributed by atoms with Crippen LogP contribution in [0.15, 0.2) is 30.9 Å². The Morgan fingerprint density at radius 1 is 1.12 bits per heavy atom. The van der Waals surface area contributed by atoms with Crippen LogP contribution in [0.1, 0.15) is 34.1 Å². The Labute approximate surface area is 204 Å². The molecule has 0 radical (unpaired) electrons. The molecule has 1 amide bonds. The van der Waals surface area contributed by atoms with E-state index in [0.717, 1.165) is 47.9 Å². The second-order valence-corrected chi connectivity index (χ2v) is 10.4. The SMILES string of the molecule is CC1CN(c2ncnc3c2c(N2CCC2)cn3-c2cc(Cl)ccn2)CCN1C(=O)OC(C)(C)C. The average molecular weight is 484 g/mol. The van der Waals surface area contributed by atoms with E-state index in [0.29, 0.717) is 24.7 Å². The maximum Gasteiger partial charge on any atom is 0.410 e. The molecule has 2 aliphatic rings. The lowest BCUT2D eigenvalue weighted by Gasteiger charge is -2.41. The second-order valence-electron chi connectivity index (χ2n) is 9.92. The first-order valence-corrected chi connectivity index (χ1v) is 12.1. The highest BCUT2D eigenvalue weighted by atomic mass is 35.5. The summed E-state index contributed by atoms with van der Waals surface area (Å²) in [6, 6.07) is 3.58. The van der Waals surface area contributed by atoms with E-state index in [1.807, 2.05) is 38.3 Å². The number of pyridine rings is 1. The summed E-state index contributed by atoms with van der Waals surface area (Å²) in [6.07, 6.45) is 6.28. The van der Waals surface area contributed by atoms with E-state index in [4.69, 9.17) is 21.3 Å². The van der Waals surface area contributed by atoms with Gasteiger partial charge in [0.15, 0.2) is 5.65 Å². The molecule has 5 rings (SSSR count). The molecule has 1 unspecified atom stereocenters. The molecule has 0 aliphatic carbocycles. The van der Waals surface area contributed by atoms with E-state index in [1.165, 1.54) is 0 Å². The van der Waals surface area contributed by atoms with E-state index in [1.54, 1.807) is 23.5 Å². The molecular weight excluding hydrogens is 454 g/mol. The highest BCUT2D eigenvalue weighted by Gasteiger charge is 2.33. The summed E-state index contributed by atoms with van der Waals surface area (Å²) in [5, 5.41) is 1.63. The molecule has 180 valence electrons. The molecule has 0 N–H and O–H groups in total.